The zero-order valence-electron chi connectivity index (χ0n) is 17.7. The second-order valence-corrected chi connectivity index (χ2v) is 7.96. The Labute approximate surface area is 185 Å². The Hall–Kier alpha value is -3.77. The SMILES string of the molecule is CC(=O)N1/C(=C\c2ccc3cc(C(=O)N4CCOCC4)ccc3c2)C(=O)c2ccccc21. The Morgan fingerprint density at radius 3 is 2.44 bits per heavy atom. The van der Waals surface area contributed by atoms with Gasteiger partial charge < -0.3 is 9.64 Å². The standard InChI is InChI=1S/C26H22N2O4/c1-17(29)28-23-5-3-2-4-22(23)25(30)24(28)15-18-6-7-20-16-21(9-8-19(20)14-18)26(31)27-10-12-32-13-11-27/h2-9,14-16H,10-13H2,1H3/b24-15-. The van der Waals surface area contributed by atoms with Gasteiger partial charge in [0.2, 0.25) is 11.7 Å². The maximum Gasteiger partial charge on any atom is 0.254 e. The molecule has 0 spiro atoms. The molecule has 1 fully saturated rings. The molecule has 2 aliphatic rings. The van der Waals surface area contributed by atoms with Crippen LogP contribution < -0.4 is 4.90 Å². The number of fused-ring (bicyclic) bond motifs is 2. The summed E-state index contributed by atoms with van der Waals surface area (Å²) in [4.78, 5) is 41.3. The number of carbonyl (C=O) groups is 3. The molecule has 0 bridgehead atoms. The maximum absolute atomic E-state index is 12.9. The molecule has 0 N–H and O–H groups in total. The van der Waals surface area contributed by atoms with E-state index in [1.54, 1.807) is 24.3 Å². The van der Waals surface area contributed by atoms with Crippen LogP contribution in [0.25, 0.3) is 16.8 Å². The minimum atomic E-state index is -0.207. The molecule has 2 heterocycles. The molecular formula is C26H22N2O4. The third-order valence-electron chi connectivity index (χ3n) is 5.89. The number of benzene rings is 3. The quantitative estimate of drug-likeness (QED) is 0.583. The monoisotopic (exact) mass is 426 g/mol. The lowest BCUT2D eigenvalue weighted by molar-refractivity contribution is -0.116. The zero-order valence-corrected chi connectivity index (χ0v) is 17.7. The summed E-state index contributed by atoms with van der Waals surface area (Å²) in [5.74, 6) is -0.364. The number of hydrogen-bond acceptors (Lipinski definition) is 4. The molecule has 1 saturated heterocycles. The lowest BCUT2D eigenvalue weighted by Crippen LogP contribution is -2.40. The Morgan fingerprint density at radius 1 is 0.938 bits per heavy atom. The van der Waals surface area contributed by atoms with Crippen LogP contribution in [0.5, 0.6) is 0 Å². The highest BCUT2D eigenvalue weighted by Crippen LogP contribution is 2.35. The third kappa shape index (κ3) is 3.48. The molecule has 32 heavy (non-hydrogen) atoms. The molecule has 6 heteroatoms. The van der Waals surface area contributed by atoms with Crippen LogP contribution >= 0.6 is 0 Å². The second-order valence-electron chi connectivity index (χ2n) is 7.96. The van der Waals surface area contributed by atoms with E-state index < -0.39 is 0 Å². The van der Waals surface area contributed by atoms with Gasteiger partial charge in [0.1, 0.15) is 0 Å². The molecule has 0 atom stereocenters. The van der Waals surface area contributed by atoms with E-state index in [-0.39, 0.29) is 17.6 Å². The van der Waals surface area contributed by atoms with Crippen LogP contribution in [0.4, 0.5) is 5.69 Å². The molecule has 160 valence electrons. The van der Waals surface area contributed by atoms with Crippen LogP contribution in [0.1, 0.15) is 33.2 Å². The first-order valence-corrected chi connectivity index (χ1v) is 10.6. The molecule has 0 radical (unpaired) electrons. The number of nitrogens with zero attached hydrogens (tertiary/aromatic N) is 2. The first-order chi connectivity index (χ1) is 15.5. The van der Waals surface area contributed by atoms with Gasteiger partial charge in [0.05, 0.1) is 24.6 Å². The van der Waals surface area contributed by atoms with E-state index in [2.05, 4.69) is 0 Å². The number of Topliss-reactive ketones (excluding diaryl/α,β-unsaturated/α-hetero) is 1. The predicted octanol–water partition coefficient (Wildman–Crippen LogP) is 3.90. The number of amides is 2. The van der Waals surface area contributed by atoms with Crippen molar-refractivity contribution in [2.24, 2.45) is 0 Å². The first-order valence-electron chi connectivity index (χ1n) is 10.6. The Morgan fingerprint density at radius 2 is 1.66 bits per heavy atom. The predicted molar refractivity (Wildman–Crippen MR) is 123 cm³/mol. The minimum absolute atomic E-state index is 0.00723. The fourth-order valence-corrected chi connectivity index (χ4v) is 4.29. The lowest BCUT2D eigenvalue weighted by Gasteiger charge is -2.27. The number of carbonyl (C=O) groups excluding carboxylic acids is 3. The highest BCUT2D eigenvalue weighted by Gasteiger charge is 2.34. The number of allylic oxidation sites excluding steroid dienone is 1. The number of ketones is 1. The number of hydrogen-bond donors (Lipinski definition) is 0. The van der Waals surface area contributed by atoms with Gasteiger partial charge in [-0.3, -0.25) is 19.3 Å². The smallest absolute Gasteiger partial charge is 0.254 e. The summed E-state index contributed by atoms with van der Waals surface area (Å²) in [5, 5.41) is 1.89. The molecule has 2 amide bonds. The van der Waals surface area contributed by atoms with E-state index >= 15 is 0 Å². The molecule has 2 aliphatic heterocycles. The minimum Gasteiger partial charge on any atom is -0.378 e. The van der Waals surface area contributed by atoms with Crippen LogP contribution in [0.2, 0.25) is 0 Å². The highest BCUT2D eigenvalue weighted by atomic mass is 16.5. The third-order valence-corrected chi connectivity index (χ3v) is 5.89. The summed E-state index contributed by atoms with van der Waals surface area (Å²) in [5.41, 5.74) is 2.95. The maximum atomic E-state index is 12.9. The Balaban J connectivity index is 1.48. The van der Waals surface area contributed by atoms with Crippen molar-refractivity contribution >= 4 is 40.1 Å². The topological polar surface area (TPSA) is 66.9 Å². The van der Waals surface area contributed by atoms with Gasteiger partial charge in [-0.05, 0) is 52.7 Å². The van der Waals surface area contributed by atoms with E-state index in [0.717, 1.165) is 16.3 Å². The van der Waals surface area contributed by atoms with Crippen molar-refractivity contribution in [2.75, 3.05) is 31.2 Å². The van der Waals surface area contributed by atoms with Crippen molar-refractivity contribution < 1.29 is 19.1 Å². The van der Waals surface area contributed by atoms with Crippen molar-refractivity contribution in [3.8, 4) is 0 Å². The van der Waals surface area contributed by atoms with Crippen molar-refractivity contribution in [3.63, 3.8) is 0 Å². The zero-order chi connectivity index (χ0) is 22.2. The lowest BCUT2D eigenvalue weighted by atomic mass is 10.0. The van der Waals surface area contributed by atoms with Crippen molar-refractivity contribution in [3.05, 3.63) is 83.1 Å². The van der Waals surface area contributed by atoms with Gasteiger partial charge >= 0.3 is 0 Å². The van der Waals surface area contributed by atoms with Crippen LogP contribution in [-0.4, -0.2) is 48.8 Å². The van der Waals surface area contributed by atoms with Gasteiger partial charge in [-0.15, -0.1) is 0 Å². The molecule has 0 aliphatic carbocycles. The summed E-state index contributed by atoms with van der Waals surface area (Å²) in [6.45, 7) is 3.80. The first kappa shape index (κ1) is 20.2. The van der Waals surface area contributed by atoms with Gasteiger partial charge in [0.25, 0.3) is 5.91 Å². The summed E-state index contributed by atoms with van der Waals surface area (Å²) >= 11 is 0. The summed E-state index contributed by atoms with van der Waals surface area (Å²) < 4.78 is 5.33. The molecule has 0 unspecified atom stereocenters. The number of para-hydroxylation sites is 1. The van der Waals surface area contributed by atoms with Gasteiger partial charge in [-0.25, -0.2) is 0 Å². The Kier molecular flexibility index (Phi) is 5.07. The van der Waals surface area contributed by atoms with Crippen molar-refractivity contribution in [1.29, 1.82) is 0 Å². The fraction of sp³-hybridized carbons (Fsp3) is 0.192. The van der Waals surface area contributed by atoms with Gasteiger partial charge in [0, 0.05) is 31.1 Å². The Bertz CT molecular complexity index is 1290. The normalized spacial score (nSPS) is 17.2. The van der Waals surface area contributed by atoms with Crippen LogP contribution in [0.3, 0.4) is 0 Å². The number of ether oxygens (including phenoxy) is 1. The molecule has 0 aromatic heterocycles. The van der Waals surface area contributed by atoms with Gasteiger partial charge in [-0.1, -0.05) is 30.3 Å². The molecule has 0 saturated carbocycles. The van der Waals surface area contributed by atoms with Crippen molar-refractivity contribution in [2.45, 2.75) is 6.92 Å². The molecular weight excluding hydrogens is 404 g/mol. The number of rotatable bonds is 2. The summed E-state index contributed by atoms with van der Waals surface area (Å²) in [6, 6.07) is 18.6. The van der Waals surface area contributed by atoms with E-state index in [0.29, 0.717) is 48.8 Å². The summed E-state index contributed by atoms with van der Waals surface area (Å²) in [6.07, 6.45) is 1.75. The van der Waals surface area contributed by atoms with Crippen LogP contribution in [0, 0.1) is 0 Å². The van der Waals surface area contributed by atoms with E-state index in [9.17, 15) is 14.4 Å². The van der Waals surface area contributed by atoms with E-state index in [4.69, 9.17) is 4.74 Å². The van der Waals surface area contributed by atoms with Gasteiger partial charge in [0.15, 0.2) is 0 Å². The van der Waals surface area contributed by atoms with E-state index in [1.807, 2.05) is 47.4 Å². The number of anilines is 1. The second kappa shape index (κ2) is 8.05. The average Bonchev–Trinajstić information content (AvgIpc) is 3.10. The average molecular weight is 426 g/mol. The number of morpholine rings is 1. The van der Waals surface area contributed by atoms with E-state index in [1.165, 1.54) is 11.8 Å². The fourth-order valence-electron chi connectivity index (χ4n) is 4.29. The molecule has 5 rings (SSSR count). The molecule has 3 aromatic carbocycles. The van der Waals surface area contributed by atoms with Crippen LogP contribution in [0.15, 0.2) is 66.4 Å². The molecule has 6 nitrogen and oxygen atoms in total. The van der Waals surface area contributed by atoms with Gasteiger partial charge in [-0.2, -0.15) is 0 Å². The van der Waals surface area contributed by atoms with Crippen LogP contribution in [-0.2, 0) is 9.53 Å². The van der Waals surface area contributed by atoms with Crippen molar-refractivity contribution in [1.82, 2.24) is 4.90 Å². The summed E-state index contributed by atoms with van der Waals surface area (Å²) in [7, 11) is 0. The largest absolute Gasteiger partial charge is 0.378 e. The molecule has 3 aromatic rings. The highest BCUT2D eigenvalue weighted by molar-refractivity contribution is 6.26.